The molecule has 0 aromatic carbocycles. The number of thioether (sulfide) groups is 1. The van der Waals surface area contributed by atoms with Crippen molar-refractivity contribution in [3.8, 4) is 0 Å². The van der Waals surface area contributed by atoms with Crippen LogP contribution in [0.2, 0.25) is 0 Å². The molecule has 9 heteroatoms. The van der Waals surface area contributed by atoms with E-state index in [9.17, 15) is 10.2 Å². The number of ether oxygens (including phenoxy) is 1. The summed E-state index contributed by atoms with van der Waals surface area (Å²) in [6, 6.07) is 0. The number of hydrogen-bond acceptors (Lipinski definition) is 8. The lowest BCUT2D eigenvalue weighted by Gasteiger charge is -2.20. The van der Waals surface area contributed by atoms with Crippen LogP contribution in [-0.2, 0) is 4.74 Å². The van der Waals surface area contributed by atoms with Crippen molar-refractivity contribution in [3.05, 3.63) is 12.7 Å². The summed E-state index contributed by atoms with van der Waals surface area (Å²) >= 11 is 1.43. The number of aromatic nitrogens is 4. The zero-order chi connectivity index (χ0) is 14.3. The average Bonchev–Trinajstić information content (AvgIpc) is 3.00. The summed E-state index contributed by atoms with van der Waals surface area (Å²) in [6.07, 6.45) is 1.77. The van der Waals surface area contributed by atoms with E-state index in [1.807, 2.05) is 0 Å². The van der Waals surface area contributed by atoms with Crippen molar-refractivity contribution in [2.75, 3.05) is 19.5 Å². The van der Waals surface area contributed by atoms with E-state index in [0.29, 0.717) is 17.0 Å². The Balaban J connectivity index is 2.04. The molecule has 2 unspecified atom stereocenters. The van der Waals surface area contributed by atoms with Gasteiger partial charge in [0.1, 0.15) is 23.3 Å². The largest absolute Gasteiger partial charge is 0.395 e. The SMILES string of the molecule is COC1C(O)[C@@H](CO)S[C@H]1n1cnc2c(N)ncnc21. The highest BCUT2D eigenvalue weighted by atomic mass is 32.2. The highest BCUT2D eigenvalue weighted by Crippen LogP contribution is 2.44. The lowest BCUT2D eigenvalue weighted by atomic mass is 10.1. The van der Waals surface area contributed by atoms with Crippen LogP contribution in [0, 0.1) is 0 Å². The van der Waals surface area contributed by atoms with Crippen LogP contribution in [0.25, 0.3) is 11.2 Å². The number of methoxy groups -OCH3 is 1. The molecule has 1 aliphatic rings. The lowest BCUT2D eigenvalue weighted by molar-refractivity contribution is -0.0179. The fourth-order valence-corrected chi connectivity index (χ4v) is 3.88. The molecule has 0 saturated carbocycles. The number of hydrogen-bond donors (Lipinski definition) is 3. The molecule has 1 aliphatic heterocycles. The summed E-state index contributed by atoms with van der Waals surface area (Å²) in [5.41, 5.74) is 6.87. The van der Waals surface area contributed by atoms with E-state index in [-0.39, 0.29) is 17.2 Å². The molecule has 4 atom stereocenters. The maximum absolute atomic E-state index is 10.1. The van der Waals surface area contributed by atoms with Gasteiger partial charge in [-0.05, 0) is 0 Å². The van der Waals surface area contributed by atoms with Crippen molar-refractivity contribution in [2.45, 2.75) is 22.8 Å². The van der Waals surface area contributed by atoms with E-state index in [1.54, 1.807) is 10.9 Å². The van der Waals surface area contributed by atoms with Gasteiger partial charge in [-0.25, -0.2) is 15.0 Å². The first-order chi connectivity index (χ1) is 9.67. The summed E-state index contributed by atoms with van der Waals surface area (Å²) in [5, 5.41) is 18.9. The molecule has 0 amide bonds. The average molecular weight is 297 g/mol. The van der Waals surface area contributed by atoms with Crippen LogP contribution < -0.4 is 5.73 Å². The van der Waals surface area contributed by atoms with Crippen LogP contribution in [0.3, 0.4) is 0 Å². The van der Waals surface area contributed by atoms with E-state index in [4.69, 9.17) is 10.5 Å². The third-order valence-electron chi connectivity index (χ3n) is 3.43. The fraction of sp³-hybridized carbons (Fsp3) is 0.545. The van der Waals surface area contributed by atoms with Gasteiger partial charge in [0.05, 0.1) is 24.3 Å². The Bertz CT molecular complexity index is 621. The predicted octanol–water partition coefficient (Wildman–Crippen LogP) is -0.609. The Labute approximate surface area is 119 Å². The number of aliphatic hydroxyl groups excluding tert-OH is 2. The molecule has 0 radical (unpaired) electrons. The van der Waals surface area contributed by atoms with E-state index in [1.165, 1.54) is 25.2 Å². The Hall–Kier alpha value is -1.42. The van der Waals surface area contributed by atoms with Crippen LogP contribution in [-0.4, -0.2) is 60.9 Å². The monoisotopic (exact) mass is 297 g/mol. The molecule has 20 heavy (non-hydrogen) atoms. The van der Waals surface area contributed by atoms with Gasteiger partial charge in [-0.15, -0.1) is 11.8 Å². The maximum atomic E-state index is 10.1. The molecule has 8 nitrogen and oxygen atoms in total. The molecule has 2 aromatic heterocycles. The molecule has 1 saturated heterocycles. The van der Waals surface area contributed by atoms with Gasteiger partial charge in [0, 0.05) is 7.11 Å². The lowest BCUT2D eigenvalue weighted by Crippen LogP contribution is -2.34. The quantitative estimate of drug-likeness (QED) is 0.686. The Morgan fingerprint density at radius 2 is 2.25 bits per heavy atom. The first-order valence-electron chi connectivity index (χ1n) is 6.07. The number of rotatable bonds is 3. The van der Waals surface area contributed by atoms with Gasteiger partial charge < -0.3 is 20.7 Å². The minimum Gasteiger partial charge on any atom is -0.395 e. The van der Waals surface area contributed by atoms with Crippen LogP contribution >= 0.6 is 11.8 Å². The first kappa shape index (κ1) is 13.6. The maximum Gasteiger partial charge on any atom is 0.166 e. The number of imidazole rings is 1. The van der Waals surface area contributed by atoms with Crippen LogP contribution in [0.1, 0.15) is 5.37 Å². The Morgan fingerprint density at radius 3 is 2.95 bits per heavy atom. The summed E-state index contributed by atoms with van der Waals surface area (Å²) in [6.45, 7) is -0.119. The van der Waals surface area contributed by atoms with Gasteiger partial charge >= 0.3 is 0 Å². The molecule has 0 aliphatic carbocycles. The van der Waals surface area contributed by atoms with E-state index < -0.39 is 12.2 Å². The van der Waals surface area contributed by atoms with Gasteiger partial charge in [-0.1, -0.05) is 0 Å². The van der Waals surface area contributed by atoms with Crippen molar-refractivity contribution < 1.29 is 14.9 Å². The summed E-state index contributed by atoms with van der Waals surface area (Å²) < 4.78 is 7.16. The van der Waals surface area contributed by atoms with Gasteiger partial charge in [0.25, 0.3) is 0 Å². The molecule has 4 N–H and O–H groups in total. The van der Waals surface area contributed by atoms with Crippen molar-refractivity contribution in [3.63, 3.8) is 0 Å². The molecule has 3 rings (SSSR count). The minimum atomic E-state index is -0.753. The summed E-state index contributed by atoms with van der Waals surface area (Å²) in [7, 11) is 1.53. The molecular formula is C11H15N5O3S. The molecule has 1 fully saturated rings. The van der Waals surface area contributed by atoms with Crippen molar-refractivity contribution >= 4 is 28.7 Å². The minimum absolute atomic E-state index is 0.119. The number of fused-ring (bicyclic) bond motifs is 1. The van der Waals surface area contributed by atoms with Crippen LogP contribution in [0.4, 0.5) is 5.82 Å². The van der Waals surface area contributed by atoms with Gasteiger partial charge in [0.15, 0.2) is 11.5 Å². The number of anilines is 1. The fourth-order valence-electron chi connectivity index (χ4n) is 2.40. The standard InChI is InChI=1S/C11H15N5O3S/c1-19-8-7(18)5(2-17)20-11(8)16-4-15-6-9(12)13-3-14-10(6)16/h3-5,7-8,11,17-18H,2H2,1H3,(H2,12,13,14)/t5-,7?,8?,11-/m1/s1. The highest BCUT2D eigenvalue weighted by Gasteiger charge is 2.44. The Morgan fingerprint density at radius 1 is 1.45 bits per heavy atom. The summed E-state index contributed by atoms with van der Waals surface area (Å²) in [4.78, 5) is 12.3. The van der Waals surface area contributed by atoms with Crippen molar-refractivity contribution in [1.82, 2.24) is 19.5 Å². The van der Waals surface area contributed by atoms with Gasteiger partial charge in [-0.2, -0.15) is 0 Å². The predicted molar refractivity (Wildman–Crippen MR) is 74.0 cm³/mol. The molecular weight excluding hydrogens is 282 g/mol. The third-order valence-corrected chi connectivity index (χ3v) is 4.98. The molecule has 2 aromatic rings. The van der Waals surface area contributed by atoms with Gasteiger partial charge in [-0.3, -0.25) is 4.57 Å². The zero-order valence-electron chi connectivity index (χ0n) is 10.7. The second kappa shape index (κ2) is 5.17. The second-order valence-electron chi connectivity index (χ2n) is 4.52. The molecule has 108 valence electrons. The topological polar surface area (TPSA) is 119 Å². The van der Waals surface area contributed by atoms with Gasteiger partial charge in [0.2, 0.25) is 0 Å². The molecule has 3 heterocycles. The van der Waals surface area contributed by atoms with E-state index in [2.05, 4.69) is 15.0 Å². The first-order valence-corrected chi connectivity index (χ1v) is 7.01. The molecule has 0 spiro atoms. The number of nitrogens with two attached hydrogens (primary N) is 1. The smallest absolute Gasteiger partial charge is 0.166 e. The number of aliphatic hydroxyl groups is 2. The van der Waals surface area contributed by atoms with E-state index in [0.717, 1.165) is 0 Å². The van der Waals surface area contributed by atoms with Crippen LogP contribution in [0.5, 0.6) is 0 Å². The number of nitrogen functional groups attached to an aromatic ring is 1. The third kappa shape index (κ3) is 1.94. The second-order valence-corrected chi connectivity index (χ2v) is 5.88. The van der Waals surface area contributed by atoms with E-state index >= 15 is 0 Å². The summed E-state index contributed by atoms with van der Waals surface area (Å²) in [5.74, 6) is 0.310. The number of nitrogens with zero attached hydrogens (tertiary/aromatic N) is 4. The van der Waals surface area contributed by atoms with Crippen molar-refractivity contribution in [1.29, 1.82) is 0 Å². The zero-order valence-corrected chi connectivity index (χ0v) is 11.6. The van der Waals surface area contributed by atoms with Crippen molar-refractivity contribution in [2.24, 2.45) is 0 Å². The van der Waals surface area contributed by atoms with Crippen LogP contribution in [0.15, 0.2) is 12.7 Å². The molecule has 0 bridgehead atoms. The highest BCUT2D eigenvalue weighted by molar-refractivity contribution is 8.00. The normalized spacial score (nSPS) is 30.1. The Kier molecular flexibility index (Phi) is 3.50.